The van der Waals surface area contributed by atoms with Gasteiger partial charge in [0.25, 0.3) is 0 Å². The molecule has 2 saturated heterocycles. The first kappa shape index (κ1) is 26.6. The second kappa shape index (κ2) is 12.1. The molecule has 4 rings (SSSR count). The van der Waals surface area contributed by atoms with E-state index < -0.39 is 74.6 Å². The first-order valence-corrected chi connectivity index (χ1v) is 10.6. The van der Waals surface area contributed by atoms with E-state index >= 15 is 0 Å². The number of nitrogens with one attached hydrogen (secondary N) is 1. The lowest BCUT2D eigenvalue weighted by atomic mass is 9.97. The molecule has 0 amide bonds. The van der Waals surface area contributed by atoms with Crippen molar-refractivity contribution in [3.63, 3.8) is 0 Å². The summed E-state index contributed by atoms with van der Waals surface area (Å²) < 4.78 is 15.3. The van der Waals surface area contributed by atoms with E-state index in [9.17, 15) is 35.7 Å². The first-order valence-electron chi connectivity index (χ1n) is 10.6. The van der Waals surface area contributed by atoms with Crippen molar-refractivity contribution >= 4 is 18.0 Å². The van der Waals surface area contributed by atoms with Crippen molar-refractivity contribution in [3.8, 4) is 0 Å². The summed E-state index contributed by atoms with van der Waals surface area (Å²) in [7, 11) is 0. The molecule has 34 heavy (non-hydrogen) atoms. The van der Waals surface area contributed by atoms with Crippen LogP contribution in [-0.2, 0) is 14.2 Å². The van der Waals surface area contributed by atoms with Gasteiger partial charge in [0, 0.05) is 6.21 Å². The summed E-state index contributed by atoms with van der Waals surface area (Å²) in [6.45, 7) is -1.35. The monoisotopic (exact) mass is 486 g/mol. The molecular formula is C21H30N2O11. The topological polar surface area (TPSA) is 214 Å². The molecule has 1 aromatic carbocycles. The van der Waals surface area contributed by atoms with Crippen molar-refractivity contribution < 1.29 is 55.1 Å². The van der Waals surface area contributed by atoms with Crippen LogP contribution in [0, 0.1) is 0 Å². The number of fused-ring (bicyclic) bond motifs is 1. The van der Waals surface area contributed by atoms with Crippen molar-refractivity contribution in [3.05, 3.63) is 35.9 Å². The van der Waals surface area contributed by atoms with E-state index in [0.717, 1.165) is 5.69 Å². The van der Waals surface area contributed by atoms with Gasteiger partial charge in [-0.1, -0.05) is 24.3 Å². The third kappa shape index (κ3) is 5.97. The molecule has 0 spiro atoms. The highest BCUT2D eigenvalue weighted by atomic mass is 16.7. The van der Waals surface area contributed by atoms with Gasteiger partial charge in [-0.05, 0) is 17.7 Å². The third-order valence-corrected chi connectivity index (χ3v) is 5.56. The number of aliphatic hydroxyl groups excluding tert-OH is 8. The molecule has 13 heteroatoms. The number of anilines is 1. The number of allylic oxidation sites excluding steroid dienone is 1. The Kier molecular flexibility index (Phi) is 9.47. The summed E-state index contributed by atoms with van der Waals surface area (Å²) in [4.78, 5) is 0. The number of hydrogen-bond acceptors (Lipinski definition) is 13. The highest BCUT2D eigenvalue weighted by molar-refractivity contribution is 5.83. The van der Waals surface area contributed by atoms with Crippen LogP contribution in [0.2, 0.25) is 0 Å². The zero-order chi connectivity index (χ0) is 24.8. The lowest BCUT2D eigenvalue weighted by Crippen LogP contribution is -2.64. The van der Waals surface area contributed by atoms with Gasteiger partial charge in [-0.25, -0.2) is 0 Å². The number of ether oxygens (including phenoxy) is 3. The number of nitrogens with zero attached hydrogens (tertiary/aromatic N) is 1. The fourth-order valence-electron chi connectivity index (χ4n) is 3.61. The molecule has 0 aliphatic carbocycles. The molecule has 2 fully saturated rings. The molecule has 10 atom stereocenters. The van der Waals surface area contributed by atoms with Crippen LogP contribution in [0.4, 0.5) is 5.69 Å². The molecule has 190 valence electrons. The average Bonchev–Trinajstić information content (AvgIpc) is 3.10. The van der Waals surface area contributed by atoms with E-state index in [1.165, 1.54) is 5.56 Å². The molecule has 1 unspecified atom stereocenters. The van der Waals surface area contributed by atoms with Gasteiger partial charge in [0.2, 0.25) is 0 Å². The van der Waals surface area contributed by atoms with Crippen molar-refractivity contribution in [2.45, 2.75) is 61.4 Å². The van der Waals surface area contributed by atoms with Crippen LogP contribution in [0.1, 0.15) is 5.56 Å². The largest absolute Gasteiger partial charge is 0.394 e. The fourth-order valence-corrected chi connectivity index (χ4v) is 3.61. The Labute approximate surface area is 194 Å². The standard InChI is InChI=1S/C12H22O11.C9H8N2/c13-1-3-5(15)6(16)9(19)12(22-3)23-10-4(2-14)21-11(20)8(18)7(10)17;1-2-6-9-8(4-1)5-3-7-10-11-9/h3-20H,1-2H2;1-7,11H/t3-,4-,5+,6+,7-,8-,9-,10-,11?,12+;/m1./s1. The molecule has 0 saturated carbocycles. The normalized spacial score (nSPS) is 39.3. The van der Waals surface area contributed by atoms with Gasteiger partial charge in [-0.2, -0.15) is 5.10 Å². The van der Waals surface area contributed by atoms with Gasteiger partial charge in [-0.3, -0.25) is 5.43 Å². The van der Waals surface area contributed by atoms with E-state index in [-0.39, 0.29) is 0 Å². The van der Waals surface area contributed by atoms with E-state index in [1.807, 2.05) is 36.4 Å². The Balaban J connectivity index is 0.000000243. The minimum absolute atomic E-state index is 0.667. The Hall–Kier alpha value is -2.01. The maximum atomic E-state index is 9.94. The van der Waals surface area contributed by atoms with Gasteiger partial charge >= 0.3 is 0 Å². The Morgan fingerprint density at radius 2 is 1.53 bits per heavy atom. The van der Waals surface area contributed by atoms with Crippen molar-refractivity contribution in [2.24, 2.45) is 5.10 Å². The van der Waals surface area contributed by atoms with Crippen molar-refractivity contribution in [1.82, 2.24) is 0 Å². The van der Waals surface area contributed by atoms with Crippen molar-refractivity contribution in [1.29, 1.82) is 0 Å². The maximum Gasteiger partial charge on any atom is 0.187 e. The van der Waals surface area contributed by atoms with Gasteiger partial charge < -0.3 is 55.1 Å². The highest BCUT2D eigenvalue weighted by Gasteiger charge is 2.50. The summed E-state index contributed by atoms with van der Waals surface area (Å²) in [5.74, 6) is 0. The Morgan fingerprint density at radius 1 is 0.824 bits per heavy atom. The van der Waals surface area contributed by atoms with E-state index in [4.69, 9.17) is 19.3 Å². The van der Waals surface area contributed by atoms with Crippen LogP contribution in [0.5, 0.6) is 0 Å². The Bertz CT molecular complexity index is 837. The second-order valence-corrected chi connectivity index (χ2v) is 7.86. The quantitative estimate of drug-likeness (QED) is 0.205. The molecular weight excluding hydrogens is 456 g/mol. The molecule has 0 radical (unpaired) electrons. The van der Waals surface area contributed by atoms with Crippen LogP contribution in [0.15, 0.2) is 35.4 Å². The predicted molar refractivity (Wildman–Crippen MR) is 116 cm³/mol. The van der Waals surface area contributed by atoms with Gasteiger partial charge in [0.1, 0.15) is 48.8 Å². The fraction of sp³-hybridized carbons (Fsp3) is 0.571. The van der Waals surface area contributed by atoms with E-state index in [1.54, 1.807) is 6.21 Å². The van der Waals surface area contributed by atoms with Gasteiger partial charge in [0.15, 0.2) is 12.6 Å². The van der Waals surface area contributed by atoms with E-state index in [2.05, 4.69) is 10.5 Å². The van der Waals surface area contributed by atoms with Gasteiger partial charge in [-0.15, -0.1) is 0 Å². The zero-order valence-electron chi connectivity index (χ0n) is 18.0. The maximum absolute atomic E-state index is 9.94. The number of benzene rings is 1. The predicted octanol–water partition coefficient (Wildman–Crippen LogP) is -3.29. The highest BCUT2D eigenvalue weighted by Crippen LogP contribution is 2.28. The molecule has 13 nitrogen and oxygen atoms in total. The zero-order valence-corrected chi connectivity index (χ0v) is 18.0. The lowest BCUT2D eigenvalue weighted by Gasteiger charge is -2.45. The van der Waals surface area contributed by atoms with Crippen LogP contribution in [0.25, 0.3) is 6.08 Å². The SMILES string of the molecule is C1=Cc2ccccc2NN=C1.OC[C@H]1O[C@@H](O[C@H]2[C@H](O)[C@@H](O)C(O)O[C@@H]2CO)[C@H](O)[C@@H](O)[C@H]1O. The summed E-state index contributed by atoms with van der Waals surface area (Å²) in [5, 5.41) is 80.4. The molecule has 3 aliphatic rings. The molecule has 1 aromatic rings. The summed E-state index contributed by atoms with van der Waals surface area (Å²) in [5.41, 5.74) is 5.16. The van der Waals surface area contributed by atoms with Crippen LogP contribution in [0.3, 0.4) is 0 Å². The number of rotatable bonds is 4. The number of aliphatic hydroxyl groups is 8. The lowest BCUT2D eigenvalue weighted by molar-refractivity contribution is -0.355. The Morgan fingerprint density at radius 3 is 2.24 bits per heavy atom. The second-order valence-electron chi connectivity index (χ2n) is 7.86. The number of hydrazone groups is 1. The molecule has 9 N–H and O–H groups in total. The third-order valence-electron chi connectivity index (χ3n) is 5.56. The number of hydrogen-bond donors (Lipinski definition) is 9. The summed E-state index contributed by atoms with van der Waals surface area (Å²) >= 11 is 0. The van der Waals surface area contributed by atoms with Crippen LogP contribution < -0.4 is 5.43 Å². The molecule has 0 aromatic heterocycles. The molecule has 3 heterocycles. The van der Waals surface area contributed by atoms with E-state index in [0.29, 0.717) is 0 Å². The van der Waals surface area contributed by atoms with Crippen molar-refractivity contribution in [2.75, 3.05) is 18.6 Å². The first-order chi connectivity index (χ1) is 16.3. The average molecular weight is 486 g/mol. The van der Waals surface area contributed by atoms with Crippen LogP contribution >= 0.6 is 0 Å². The number of para-hydroxylation sites is 1. The minimum atomic E-state index is -1.74. The smallest absolute Gasteiger partial charge is 0.187 e. The summed E-state index contributed by atoms with van der Waals surface area (Å²) in [6.07, 6.45) is -9.89. The summed E-state index contributed by atoms with van der Waals surface area (Å²) in [6, 6.07) is 8.05. The molecule has 0 bridgehead atoms. The minimum Gasteiger partial charge on any atom is -0.394 e. The molecule has 3 aliphatic heterocycles. The van der Waals surface area contributed by atoms with Crippen LogP contribution in [-0.4, -0.2) is 122 Å². The van der Waals surface area contributed by atoms with Gasteiger partial charge in [0.05, 0.1) is 18.9 Å².